The molecule has 4 nitrogen and oxygen atoms in total. The van der Waals surface area contributed by atoms with Crippen LogP contribution in [-0.2, 0) is 16.4 Å². The van der Waals surface area contributed by atoms with E-state index in [1.54, 1.807) is 12.1 Å². The molecule has 2 aromatic rings. The van der Waals surface area contributed by atoms with E-state index in [9.17, 15) is 22.0 Å². The van der Waals surface area contributed by atoms with E-state index in [0.717, 1.165) is 34.1 Å². The topological polar surface area (TPSA) is 63.2 Å². The SMILES string of the molecule is O=C(NCc1ccc(I)cc1)c1c(F)ccc(S(=O)(=O)CC2CC2)c1F. The molecule has 1 N–H and O–H groups in total. The maximum absolute atomic E-state index is 14.6. The molecule has 0 spiro atoms. The van der Waals surface area contributed by atoms with Gasteiger partial charge in [0.1, 0.15) is 16.3 Å². The number of hydrogen-bond acceptors (Lipinski definition) is 3. The van der Waals surface area contributed by atoms with Gasteiger partial charge in [0.15, 0.2) is 15.7 Å². The molecular formula is C18H16F2INO3S. The number of amides is 1. The van der Waals surface area contributed by atoms with Gasteiger partial charge in [-0.05, 0) is 71.2 Å². The monoisotopic (exact) mass is 491 g/mol. The van der Waals surface area contributed by atoms with Crippen LogP contribution >= 0.6 is 22.6 Å². The zero-order valence-electron chi connectivity index (χ0n) is 13.6. The molecule has 1 saturated carbocycles. The van der Waals surface area contributed by atoms with E-state index >= 15 is 0 Å². The number of halogens is 3. The minimum absolute atomic E-state index is 0.0163. The lowest BCUT2D eigenvalue weighted by molar-refractivity contribution is 0.0942. The number of rotatable bonds is 6. The molecule has 26 heavy (non-hydrogen) atoms. The summed E-state index contributed by atoms with van der Waals surface area (Å²) >= 11 is 2.14. The Morgan fingerprint density at radius 1 is 1.12 bits per heavy atom. The van der Waals surface area contributed by atoms with E-state index in [4.69, 9.17) is 0 Å². The zero-order chi connectivity index (χ0) is 18.9. The Labute approximate surface area is 164 Å². The van der Waals surface area contributed by atoms with E-state index in [1.165, 1.54) is 0 Å². The van der Waals surface area contributed by atoms with Crippen molar-refractivity contribution in [1.29, 1.82) is 0 Å². The molecule has 2 aromatic carbocycles. The predicted octanol–water partition coefficient (Wildman–Crippen LogP) is 3.68. The van der Waals surface area contributed by atoms with Crippen molar-refractivity contribution in [2.75, 3.05) is 5.75 Å². The van der Waals surface area contributed by atoms with Gasteiger partial charge in [-0.2, -0.15) is 0 Å². The number of nitrogens with one attached hydrogen (secondary N) is 1. The molecule has 1 fully saturated rings. The third-order valence-corrected chi connectivity index (χ3v) is 6.75. The summed E-state index contributed by atoms with van der Waals surface area (Å²) in [5.74, 6) is -3.57. The van der Waals surface area contributed by atoms with Crippen LogP contribution in [0, 0.1) is 21.1 Å². The number of benzene rings is 2. The summed E-state index contributed by atoms with van der Waals surface area (Å²) in [5.41, 5.74) is -0.107. The van der Waals surface area contributed by atoms with E-state index < -0.39 is 37.8 Å². The molecule has 0 aliphatic heterocycles. The van der Waals surface area contributed by atoms with E-state index in [1.807, 2.05) is 12.1 Å². The second-order valence-corrected chi connectivity index (χ2v) is 9.52. The fourth-order valence-electron chi connectivity index (χ4n) is 2.54. The highest BCUT2D eigenvalue weighted by Crippen LogP contribution is 2.33. The molecule has 0 heterocycles. The minimum Gasteiger partial charge on any atom is -0.348 e. The smallest absolute Gasteiger partial charge is 0.257 e. The lowest BCUT2D eigenvalue weighted by Crippen LogP contribution is -2.26. The highest BCUT2D eigenvalue weighted by molar-refractivity contribution is 14.1. The molecule has 3 rings (SSSR count). The third kappa shape index (κ3) is 4.40. The van der Waals surface area contributed by atoms with Crippen LogP contribution < -0.4 is 5.32 Å². The van der Waals surface area contributed by atoms with Crippen molar-refractivity contribution < 1.29 is 22.0 Å². The van der Waals surface area contributed by atoms with E-state index in [2.05, 4.69) is 27.9 Å². The maximum atomic E-state index is 14.6. The van der Waals surface area contributed by atoms with Crippen molar-refractivity contribution in [3.63, 3.8) is 0 Å². The molecular weight excluding hydrogens is 475 g/mol. The van der Waals surface area contributed by atoms with Gasteiger partial charge in [-0.3, -0.25) is 4.79 Å². The summed E-state index contributed by atoms with van der Waals surface area (Å²) in [5, 5.41) is 2.43. The largest absolute Gasteiger partial charge is 0.348 e. The Morgan fingerprint density at radius 2 is 1.77 bits per heavy atom. The molecule has 138 valence electrons. The van der Waals surface area contributed by atoms with Crippen molar-refractivity contribution in [3.8, 4) is 0 Å². The zero-order valence-corrected chi connectivity index (χ0v) is 16.6. The Morgan fingerprint density at radius 3 is 2.38 bits per heavy atom. The summed E-state index contributed by atoms with van der Waals surface area (Å²) in [7, 11) is -3.89. The first kappa shape index (κ1) is 19.2. The van der Waals surface area contributed by atoms with Gasteiger partial charge in [-0.25, -0.2) is 17.2 Å². The Balaban J connectivity index is 1.82. The van der Waals surface area contributed by atoms with Crippen molar-refractivity contribution in [3.05, 3.63) is 62.7 Å². The number of carbonyl (C=O) groups excluding carboxylic acids is 1. The standard InChI is InChI=1S/C18H16F2INO3S/c19-14-7-8-15(26(24,25)10-12-1-2-12)17(20)16(14)18(23)22-9-11-3-5-13(21)6-4-11/h3-8,12H,1-2,9-10H2,(H,22,23). The highest BCUT2D eigenvalue weighted by Gasteiger charge is 2.33. The first-order chi connectivity index (χ1) is 12.3. The van der Waals surface area contributed by atoms with E-state index in [-0.39, 0.29) is 18.2 Å². The Hall–Kier alpha value is -1.55. The molecule has 0 bridgehead atoms. The number of hydrogen-bond donors (Lipinski definition) is 1. The lowest BCUT2D eigenvalue weighted by Gasteiger charge is -2.11. The summed E-state index contributed by atoms with van der Waals surface area (Å²) in [6, 6.07) is 8.96. The average Bonchev–Trinajstić information content (AvgIpc) is 3.37. The molecule has 0 radical (unpaired) electrons. The molecule has 1 aliphatic carbocycles. The van der Waals surface area contributed by atoms with Gasteiger partial charge in [-0.1, -0.05) is 12.1 Å². The normalized spacial score (nSPS) is 14.3. The predicted molar refractivity (Wildman–Crippen MR) is 101 cm³/mol. The maximum Gasteiger partial charge on any atom is 0.257 e. The Kier molecular flexibility index (Phi) is 5.61. The van der Waals surface area contributed by atoms with Crippen molar-refractivity contribution >= 4 is 38.3 Å². The minimum atomic E-state index is -3.89. The van der Waals surface area contributed by atoms with Crippen LogP contribution in [0.1, 0.15) is 28.8 Å². The molecule has 0 atom stereocenters. The molecule has 1 amide bonds. The molecule has 0 aromatic heterocycles. The Bertz CT molecular complexity index is 942. The average molecular weight is 491 g/mol. The van der Waals surface area contributed by atoms with Gasteiger partial charge >= 0.3 is 0 Å². The van der Waals surface area contributed by atoms with Gasteiger partial charge in [0.25, 0.3) is 5.91 Å². The van der Waals surface area contributed by atoms with Crippen LogP contribution in [0.5, 0.6) is 0 Å². The van der Waals surface area contributed by atoms with Crippen LogP contribution in [-0.4, -0.2) is 20.1 Å². The van der Waals surface area contributed by atoms with Gasteiger partial charge in [0.05, 0.1) is 5.75 Å². The number of carbonyl (C=O) groups is 1. The first-order valence-corrected chi connectivity index (χ1v) is 10.7. The summed E-state index contributed by atoms with van der Waals surface area (Å²) in [6.07, 6.45) is 1.57. The van der Waals surface area contributed by atoms with Crippen molar-refractivity contribution in [2.45, 2.75) is 24.3 Å². The number of sulfone groups is 1. The van der Waals surface area contributed by atoms with Gasteiger partial charge in [-0.15, -0.1) is 0 Å². The first-order valence-electron chi connectivity index (χ1n) is 8.01. The molecule has 8 heteroatoms. The van der Waals surface area contributed by atoms with Crippen LogP contribution in [0.15, 0.2) is 41.3 Å². The van der Waals surface area contributed by atoms with Crippen LogP contribution in [0.25, 0.3) is 0 Å². The van der Waals surface area contributed by atoms with Crippen LogP contribution in [0.3, 0.4) is 0 Å². The lowest BCUT2D eigenvalue weighted by atomic mass is 10.1. The quantitative estimate of drug-likeness (QED) is 0.496. The van der Waals surface area contributed by atoms with E-state index in [0.29, 0.717) is 0 Å². The van der Waals surface area contributed by atoms with Gasteiger partial charge in [0, 0.05) is 10.1 Å². The van der Waals surface area contributed by atoms with Crippen molar-refractivity contribution in [1.82, 2.24) is 5.32 Å². The highest BCUT2D eigenvalue weighted by atomic mass is 127. The fourth-order valence-corrected chi connectivity index (χ4v) is 4.68. The second kappa shape index (κ2) is 7.59. The molecule has 0 saturated heterocycles. The summed E-state index contributed by atoms with van der Waals surface area (Å²) in [6.45, 7) is 0.0771. The van der Waals surface area contributed by atoms with Crippen LogP contribution in [0.2, 0.25) is 0 Å². The molecule has 1 aliphatic rings. The van der Waals surface area contributed by atoms with Crippen LogP contribution in [0.4, 0.5) is 8.78 Å². The third-order valence-electron chi connectivity index (χ3n) is 4.14. The summed E-state index contributed by atoms with van der Waals surface area (Å²) < 4.78 is 54.3. The van der Waals surface area contributed by atoms with Gasteiger partial charge < -0.3 is 5.32 Å². The fraction of sp³-hybridized carbons (Fsp3) is 0.278. The summed E-state index contributed by atoms with van der Waals surface area (Å²) in [4.78, 5) is 11.6. The van der Waals surface area contributed by atoms with Crippen molar-refractivity contribution in [2.24, 2.45) is 5.92 Å². The molecule has 0 unspecified atom stereocenters. The van der Waals surface area contributed by atoms with Gasteiger partial charge in [0.2, 0.25) is 0 Å². The second-order valence-electron chi connectivity index (χ2n) is 6.27.